The highest BCUT2D eigenvalue weighted by molar-refractivity contribution is 5.78. The van der Waals surface area contributed by atoms with Gasteiger partial charge in [-0.25, -0.2) is 0 Å². The molecule has 5 heteroatoms. The van der Waals surface area contributed by atoms with E-state index in [0.717, 1.165) is 5.39 Å². The molecule has 0 radical (unpaired) electrons. The van der Waals surface area contributed by atoms with Crippen LogP contribution in [0.15, 0.2) is 34.9 Å². The van der Waals surface area contributed by atoms with Crippen molar-refractivity contribution in [1.82, 2.24) is 5.32 Å². The fourth-order valence-electron chi connectivity index (χ4n) is 2.45. The molecular weight excluding hydrogens is 267 g/mol. The molecule has 0 bridgehead atoms. The summed E-state index contributed by atoms with van der Waals surface area (Å²) in [6, 6.07) is 5.67. The number of halogens is 3. The highest BCUT2D eigenvalue weighted by atomic mass is 19.4. The first kappa shape index (κ1) is 14.9. The van der Waals surface area contributed by atoms with Gasteiger partial charge in [-0.05, 0) is 38.1 Å². The van der Waals surface area contributed by atoms with Crippen molar-refractivity contribution < 1.29 is 17.6 Å². The Hall–Kier alpha value is -1.49. The van der Waals surface area contributed by atoms with Crippen LogP contribution in [0.2, 0.25) is 0 Å². The maximum Gasteiger partial charge on any atom is 0.399 e. The smallest absolute Gasteiger partial charge is 0.399 e. The lowest BCUT2D eigenvalue weighted by Crippen LogP contribution is -2.54. The SMILES string of the molecule is CCNC(C)C(C)(c1ccc2ccoc2c1)C(F)(F)F. The van der Waals surface area contributed by atoms with Crippen LogP contribution in [-0.2, 0) is 5.41 Å². The number of fused-ring (bicyclic) bond motifs is 1. The average molecular weight is 285 g/mol. The molecule has 0 saturated heterocycles. The zero-order valence-electron chi connectivity index (χ0n) is 11.7. The van der Waals surface area contributed by atoms with Crippen molar-refractivity contribution in [3.63, 3.8) is 0 Å². The molecule has 1 aromatic heterocycles. The molecule has 20 heavy (non-hydrogen) atoms. The Balaban J connectivity index is 2.55. The summed E-state index contributed by atoms with van der Waals surface area (Å²) < 4.78 is 46.1. The topological polar surface area (TPSA) is 25.2 Å². The molecule has 0 fully saturated rings. The van der Waals surface area contributed by atoms with Gasteiger partial charge in [0.05, 0.1) is 6.26 Å². The summed E-state index contributed by atoms with van der Waals surface area (Å²) in [5.41, 5.74) is -1.29. The molecule has 0 aliphatic rings. The van der Waals surface area contributed by atoms with Gasteiger partial charge in [0.15, 0.2) is 0 Å². The van der Waals surface area contributed by atoms with Crippen molar-refractivity contribution in [2.45, 2.75) is 38.4 Å². The average Bonchev–Trinajstić information content (AvgIpc) is 2.83. The van der Waals surface area contributed by atoms with E-state index in [1.54, 1.807) is 26.0 Å². The van der Waals surface area contributed by atoms with E-state index in [0.29, 0.717) is 12.1 Å². The maximum absolute atomic E-state index is 13.6. The number of alkyl halides is 3. The number of rotatable bonds is 4. The minimum absolute atomic E-state index is 0.209. The van der Waals surface area contributed by atoms with Crippen molar-refractivity contribution in [2.24, 2.45) is 0 Å². The molecule has 2 unspecified atom stereocenters. The summed E-state index contributed by atoms with van der Waals surface area (Å²) in [7, 11) is 0. The van der Waals surface area contributed by atoms with Crippen LogP contribution in [0.25, 0.3) is 11.0 Å². The van der Waals surface area contributed by atoms with Gasteiger partial charge in [0, 0.05) is 11.4 Å². The molecule has 0 amide bonds. The second-order valence-corrected chi connectivity index (χ2v) is 5.15. The third-order valence-electron chi connectivity index (χ3n) is 4.02. The van der Waals surface area contributed by atoms with E-state index in [9.17, 15) is 13.2 Å². The van der Waals surface area contributed by atoms with Crippen LogP contribution in [0, 0.1) is 0 Å². The summed E-state index contributed by atoms with van der Waals surface area (Å²) in [6.45, 7) is 5.06. The van der Waals surface area contributed by atoms with E-state index < -0.39 is 17.6 Å². The number of likely N-dealkylation sites (N-methyl/N-ethyl adjacent to an activating group) is 1. The van der Waals surface area contributed by atoms with Crippen LogP contribution in [-0.4, -0.2) is 18.8 Å². The zero-order chi connectivity index (χ0) is 15.0. The number of benzene rings is 1. The van der Waals surface area contributed by atoms with Crippen molar-refractivity contribution in [3.8, 4) is 0 Å². The number of hydrogen-bond acceptors (Lipinski definition) is 2. The minimum atomic E-state index is -4.35. The van der Waals surface area contributed by atoms with Crippen LogP contribution in [0.1, 0.15) is 26.3 Å². The molecule has 1 heterocycles. The Morgan fingerprint density at radius 2 is 1.95 bits per heavy atom. The summed E-state index contributed by atoms with van der Waals surface area (Å²) >= 11 is 0. The Kier molecular flexibility index (Phi) is 3.82. The Labute approximate surface area is 116 Å². The van der Waals surface area contributed by atoms with E-state index in [4.69, 9.17) is 4.42 Å². The minimum Gasteiger partial charge on any atom is -0.464 e. The Morgan fingerprint density at radius 1 is 1.25 bits per heavy atom. The van der Waals surface area contributed by atoms with Crippen LogP contribution >= 0.6 is 0 Å². The summed E-state index contributed by atoms with van der Waals surface area (Å²) in [4.78, 5) is 0. The van der Waals surface area contributed by atoms with E-state index in [1.165, 1.54) is 25.3 Å². The first-order valence-corrected chi connectivity index (χ1v) is 6.58. The van der Waals surface area contributed by atoms with Gasteiger partial charge in [0.1, 0.15) is 11.0 Å². The van der Waals surface area contributed by atoms with Gasteiger partial charge < -0.3 is 9.73 Å². The van der Waals surface area contributed by atoms with E-state index in [1.807, 2.05) is 0 Å². The largest absolute Gasteiger partial charge is 0.464 e. The van der Waals surface area contributed by atoms with Gasteiger partial charge in [0.25, 0.3) is 0 Å². The third kappa shape index (κ3) is 2.30. The third-order valence-corrected chi connectivity index (χ3v) is 4.02. The van der Waals surface area contributed by atoms with Crippen molar-refractivity contribution in [2.75, 3.05) is 6.54 Å². The number of furan rings is 1. The molecule has 2 nitrogen and oxygen atoms in total. The maximum atomic E-state index is 13.6. The highest BCUT2D eigenvalue weighted by Gasteiger charge is 2.55. The molecule has 2 aromatic rings. The molecule has 0 aliphatic carbocycles. The number of hydrogen-bond donors (Lipinski definition) is 1. The van der Waals surface area contributed by atoms with Crippen molar-refractivity contribution in [3.05, 3.63) is 36.1 Å². The van der Waals surface area contributed by atoms with E-state index in [-0.39, 0.29) is 5.56 Å². The summed E-state index contributed by atoms with van der Waals surface area (Å²) in [5.74, 6) is 0. The molecular formula is C15H18F3NO. The lowest BCUT2D eigenvalue weighted by Gasteiger charge is -2.38. The van der Waals surface area contributed by atoms with Crippen LogP contribution in [0.4, 0.5) is 13.2 Å². The molecule has 1 N–H and O–H groups in total. The monoisotopic (exact) mass is 285 g/mol. The number of nitrogens with one attached hydrogen (secondary N) is 1. The highest BCUT2D eigenvalue weighted by Crippen LogP contribution is 2.44. The molecule has 2 atom stereocenters. The molecule has 1 aromatic carbocycles. The van der Waals surface area contributed by atoms with E-state index >= 15 is 0 Å². The second-order valence-electron chi connectivity index (χ2n) is 5.15. The predicted molar refractivity (Wildman–Crippen MR) is 72.8 cm³/mol. The first-order valence-electron chi connectivity index (χ1n) is 6.58. The molecule has 2 rings (SSSR count). The fraction of sp³-hybridized carbons (Fsp3) is 0.467. The van der Waals surface area contributed by atoms with Gasteiger partial charge in [-0.2, -0.15) is 13.2 Å². The van der Waals surface area contributed by atoms with Gasteiger partial charge in [0.2, 0.25) is 0 Å². The standard InChI is InChI=1S/C15H18F3NO/c1-4-19-10(2)14(3,15(16,17)18)12-6-5-11-7-8-20-13(11)9-12/h5-10,19H,4H2,1-3H3. The lowest BCUT2D eigenvalue weighted by atomic mass is 9.75. The Morgan fingerprint density at radius 3 is 2.55 bits per heavy atom. The van der Waals surface area contributed by atoms with Crippen LogP contribution < -0.4 is 5.32 Å². The first-order chi connectivity index (χ1) is 9.30. The van der Waals surface area contributed by atoms with Crippen LogP contribution in [0.3, 0.4) is 0 Å². The van der Waals surface area contributed by atoms with Crippen molar-refractivity contribution >= 4 is 11.0 Å². The van der Waals surface area contributed by atoms with Gasteiger partial charge in [-0.1, -0.05) is 19.1 Å². The summed E-state index contributed by atoms with van der Waals surface area (Å²) in [6.07, 6.45) is -2.87. The molecule has 0 saturated carbocycles. The van der Waals surface area contributed by atoms with Gasteiger partial charge in [-0.3, -0.25) is 0 Å². The molecule has 0 spiro atoms. The van der Waals surface area contributed by atoms with Crippen molar-refractivity contribution in [1.29, 1.82) is 0 Å². The van der Waals surface area contributed by atoms with E-state index in [2.05, 4.69) is 5.32 Å². The van der Waals surface area contributed by atoms with Gasteiger partial charge >= 0.3 is 6.18 Å². The Bertz CT molecular complexity index is 590. The molecule has 0 aliphatic heterocycles. The zero-order valence-corrected chi connectivity index (χ0v) is 11.7. The second kappa shape index (κ2) is 5.13. The fourth-order valence-corrected chi connectivity index (χ4v) is 2.45. The van der Waals surface area contributed by atoms with Gasteiger partial charge in [-0.15, -0.1) is 0 Å². The molecule has 110 valence electrons. The predicted octanol–water partition coefficient (Wildman–Crippen LogP) is 4.25. The lowest BCUT2D eigenvalue weighted by molar-refractivity contribution is -0.193. The normalized spacial score (nSPS) is 17.1. The summed E-state index contributed by atoms with van der Waals surface area (Å²) in [5, 5.41) is 3.68. The quantitative estimate of drug-likeness (QED) is 0.908. The van der Waals surface area contributed by atoms with Crippen LogP contribution in [0.5, 0.6) is 0 Å².